The average Bonchev–Trinajstić information content (AvgIpc) is 0.907. The van der Waals surface area contributed by atoms with Crippen molar-refractivity contribution < 1.29 is 52.7 Å². The monoisotopic (exact) mass is 1310 g/mol. The number of carbonyl (C=O) groups is 11. The molecule has 1 heterocycles. The predicted octanol–water partition coefficient (Wildman–Crippen LogP) is 6.47. The summed E-state index contributed by atoms with van der Waals surface area (Å²) in [6.45, 7) is 22.6. The third kappa shape index (κ3) is 20.9. The normalized spacial score (nSPS) is 16.9. The molecule has 1 saturated heterocycles. The van der Waals surface area contributed by atoms with Crippen LogP contribution in [0.15, 0.2) is 84.5 Å². The first-order valence-electron chi connectivity index (χ1n) is 33.5. The summed E-state index contributed by atoms with van der Waals surface area (Å²) in [5.74, 6) is -5.84. The minimum Gasteiger partial charge on any atom is -0.344 e. The first-order chi connectivity index (χ1) is 44.2. The number of likely N-dealkylation sites (tertiary alicyclic amines) is 1. The Kier molecular flexibility index (Phi) is 30.4. The van der Waals surface area contributed by atoms with Gasteiger partial charge in [0.05, 0.1) is 0 Å². The molecule has 1 fully saturated rings. The van der Waals surface area contributed by atoms with Gasteiger partial charge in [0, 0.05) is 87.6 Å². The van der Waals surface area contributed by atoms with E-state index < -0.39 is 120 Å². The molecule has 1 aliphatic carbocycles. The van der Waals surface area contributed by atoms with Crippen molar-refractivity contribution in [2.24, 2.45) is 29.6 Å². The topological polar surface area (TPSA) is 262 Å². The highest BCUT2D eigenvalue weighted by Crippen LogP contribution is 2.27. The fraction of sp³-hybridized carbons (Fsp3) is 0.620. The van der Waals surface area contributed by atoms with Crippen LogP contribution in [0.4, 0.5) is 9.59 Å². The number of hydrogen-bond donors (Lipinski definition) is 4. The van der Waals surface area contributed by atoms with E-state index in [1.165, 1.54) is 87.7 Å². The zero-order valence-corrected chi connectivity index (χ0v) is 59.4. The van der Waals surface area contributed by atoms with Gasteiger partial charge in [0.15, 0.2) is 0 Å². The van der Waals surface area contributed by atoms with Gasteiger partial charge in [-0.25, -0.2) is 14.5 Å². The lowest BCUT2D eigenvalue weighted by molar-refractivity contribution is -0.150. The number of nitrogens with one attached hydrogen (secondary N) is 4. The second kappa shape index (κ2) is 36.5. The van der Waals surface area contributed by atoms with Crippen LogP contribution in [0.1, 0.15) is 139 Å². The van der Waals surface area contributed by atoms with Gasteiger partial charge in [-0.3, -0.25) is 43.2 Å². The Labute approximate surface area is 559 Å². The Balaban J connectivity index is 1.51. The summed E-state index contributed by atoms with van der Waals surface area (Å²) < 4.78 is 0. The molecular formula is C71H110N12O11. The third-order valence-electron chi connectivity index (χ3n) is 18.5. The first-order valence-corrected chi connectivity index (χ1v) is 33.5. The van der Waals surface area contributed by atoms with Crippen molar-refractivity contribution in [3.63, 3.8) is 0 Å². The van der Waals surface area contributed by atoms with Crippen LogP contribution in [-0.2, 0) is 56.0 Å². The summed E-state index contributed by atoms with van der Waals surface area (Å²) in [7, 11) is 10.0. The van der Waals surface area contributed by atoms with Crippen molar-refractivity contribution in [2.75, 3.05) is 62.4 Å². The van der Waals surface area contributed by atoms with Gasteiger partial charge < -0.3 is 55.6 Å². The van der Waals surface area contributed by atoms with Gasteiger partial charge in [-0.1, -0.05) is 153 Å². The Morgan fingerprint density at radius 3 is 1.53 bits per heavy atom. The van der Waals surface area contributed by atoms with Crippen molar-refractivity contribution in [1.82, 2.24) is 60.5 Å². The fourth-order valence-electron chi connectivity index (χ4n) is 12.1. The highest BCUT2D eigenvalue weighted by Gasteiger charge is 2.43. The van der Waals surface area contributed by atoms with E-state index in [4.69, 9.17) is 0 Å². The van der Waals surface area contributed by atoms with Gasteiger partial charge in [-0.05, 0) is 87.7 Å². The Hall–Kier alpha value is -8.11. The lowest BCUT2D eigenvalue weighted by Crippen LogP contribution is -2.62. The maximum Gasteiger partial charge on any atom is 0.328 e. The molecule has 1 aliphatic heterocycles. The minimum atomic E-state index is -1.21. The Bertz CT molecular complexity index is 2990. The van der Waals surface area contributed by atoms with Crippen LogP contribution in [0.25, 0.3) is 0 Å². The number of nitrogens with zero attached hydrogens (tertiary/aromatic N) is 8. The van der Waals surface area contributed by atoms with E-state index >= 15 is 4.79 Å². The summed E-state index contributed by atoms with van der Waals surface area (Å²) in [5, 5.41) is 11.4. The molecule has 0 radical (unpaired) electrons. The zero-order chi connectivity index (χ0) is 70.6. The van der Waals surface area contributed by atoms with Gasteiger partial charge in [-0.2, -0.15) is 0 Å². The maximum atomic E-state index is 15.0. The summed E-state index contributed by atoms with van der Waals surface area (Å²) in [6.07, 6.45) is 8.62. The van der Waals surface area contributed by atoms with Crippen LogP contribution in [0.5, 0.6) is 0 Å². The molecule has 520 valence electrons. The van der Waals surface area contributed by atoms with Gasteiger partial charge in [0.25, 0.3) is 0 Å². The summed E-state index contributed by atoms with van der Waals surface area (Å²) >= 11 is 0. The number of piperidine rings is 1. The molecule has 11 atom stereocenters. The van der Waals surface area contributed by atoms with Crippen LogP contribution in [0.3, 0.4) is 0 Å². The SMILES string of the molecule is CCC(=O)N[C@H](C(=O)N(C)[C@@H](Cc1ccccc1)C(=O)N(C)[C@@H](CC(C)C)C(=O)N[C@H](C)C(=O)N(C)[C@H](C(=O)N(C)[C@@H](C)NC(=O)N(C)C(=O)N(C)[C@@H](CC(C)C)C(=O)N(C)[C@@H](Cc1ccccc1)C(=O)N[C@H](C(=O)N1CCCCC1)C1C=CC=C1C)C(C)C)[C@@H](C)CC. The van der Waals surface area contributed by atoms with E-state index in [9.17, 15) is 47.9 Å². The van der Waals surface area contributed by atoms with Crippen LogP contribution < -0.4 is 21.3 Å². The van der Waals surface area contributed by atoms with Crippen LogP contribution in [0, 0.1) is 29.6 Å². The molecule has 0 saturated carbocycles. The molecule has 2 aliphatic rings. The molecule has 2 aromatic carbocycles. The maximum absolute atomic E-state index is 15.0. The van der Waals surface area contributed by atoms with Gasteiger partial charge in [0.1, 0.15) is 54.5 Å². The Morgan fingerprint density at radius 1 is 0.532 bits per heavy atom. The Morgan fingerprint density at radius 2 is 1.03 bits per heavy atom. The number of urea groups is 2. The van der Waals surface area contributed by atoms with Crippen LogP contribution >= 0.6 is 0 Å². The predicted molar refractivity (Wildman–Crippen MR) is 364 cm³/mol. The third-order valence-corrected chi connectivity index (χ3v) is 18.5. The molecule has 2 aromatic rings. The summed E-state index contributed by atoms with van der Waals surface area (Å²) in [6, 6.07) is 7.94. The number of carbonyl (C=O) groups excluding carboxylic acids is 11. The fourth-order valence-corrected chi connectivity index (χ4v) is 12.1. The first kappa shape index (κ1) is 78.3. The standard InChI is InChI=1S/C71H110N12O11/c1-20-47(9)59(74-58(84)21-2)67(90)79(16)57(43-52-35-27-23-28-36-52)66(89)77(14)54(40-44(3)4)62(85)72-49(11)64(87)81(18)61(46(7)8)69(92)76(13)50(12)73-70(93)82(19)71(94)80(17)56(41-45(5)6)65(88)78(15)55(42-51-33-25-22-26-34-51)63(86)75-60(53-37-31-32-48(53)10)68(91)83-38-29-24-30-39-83/h22-23,25-28,31-37,44-47,49-50,53-57,59-61H,20-21,24,29-30,38-43H2,1-19H3,(H,72,85)(H,73,93)(H,74,84)(H,75,86)/t47-,49+,50-,53?,54-,55-,56-,57-,59-,60-,61-/m0/s1. The number of amides is 13. The molecule has 94 heavy (non-hydrogen) atoms. The lowest BCUT2D eigenvalue weighted by Gasteiger charge is -2.38. The molecule has 0 aromatic heterocycles. The molecule has 13 amide bonds. The van der Waals surface area contributed by atoms with Gasteiger partial charge in [0.2, 0.25) is 53.2 Å². The van der Waals surface area contributed by atoms with E-state index in [0.29, 0.717) is 19.5 Å². The minimum absolute atomic E-state index is 0.0925. The number of benzene rings is 2. The second-order valence-corrected chi connectivity index (χ2v) is 26.9. The van der Waals surface area contributed by atoms with Crippen molar-refractivity contribution >= 4 is 65.2 Å². The number of imide groups is 1. The average molecular weight is 1310 g/mol. The van der Waals surface area contributed by atoms with E-state index in [-0.39, 0.29) is 61.7 Å². The van der Waals surface area contributed by atoms with Crippen molar-refractivity contribution in [2.45, 2.75) is 195 Å². The quantitative estimate of drug-likeness (QED) is 0.0595. The smallest absolute Gasteiger partial charge is 0.328 e. The van der Waals surface area contributed by atoms with Crippen molar-refractivity contribution in [1.29, 1.82) is 0 Å². The van der Waals surface area contributed by atoms with Gasteiger partial charge >= 0.3 is 12.1 Å². The highest BCUT2D eigenvalue weighted by molar-refractivity contribution is 5.99. The molecule has 4 N–H and O–H groups in total. The van der Waals surface area contributed by atoms with Crippen molar-refractivity contribution in [3.8, 4) is 0 Å². The molecule has 0 spiro atoms. The molecule has 23 nitrogen and oxygen atoms in total. The largest absolute Gasteiger partial charge is 0.344 e. The van der Waals surface area contributed by atoms with E-state index in [1.54, 1.807) is 25.7 Å². The van der Waals surface area contributed by atoms with Crippen LogP contribution in [0.2, 0.25) is 0 Å². The molecular weight excluding hydrogens is 1200 g/mol. The summed E-state index contributed by atoms with van der Waals surface area (Å²) in [4.78, 5) is 168. The number of allylic oxidation sites excluding steroid dienone is 2. The van der Waals surface area contributed by atoms with Crippen molar-refractivity contribution in [3.05, 3.63) is 95.6 Å². The molecule has 4 rings (SSSR count). The summed E-state index contributed by atoms with van der Waals surface area (Å²) in [5.41, 5.74) is 2.44. The molecule has 23 heteroatoms. The molecule has 0 bridgehead atoms. The number of likely N-dealkylation sites (N-methyl/N-ethyl adjacent to an activating group) is 6. The van der Waals surface area contributed by atoms with Crippen LogP contribution in [-0.4, -0.2) is 221 Å². The second-order valence-electron chi connectivity index (χ2n) is 26.9. The number of rotatable bonds is 31. The number of hydrogen-bond acceptors (Lipinski definition) is 11. The lowest BCUT2D eigenvalue weighted by atomic mass is 9.92. The van der Waals surface area contributed by atoms with E-state index in [2.05, 4.69) is 21.3 Å². The zero-order valence-electron chi connectivity index (χ0n) is 59.4. The highest BCUT2D eigenvalue weighted by atomic mass is 16.2. The van der Waals surface area contributed by atoms with E-state index in [0.717, 1.165) is 45.8 Å². The molecule has 1 unspecified atom stereocenters. The van der Waals surface area contributed by atoms with E-state index in [1.807, 2.05) is 127 Å². The van der Waals surface area contributed by atoms with Gasteiger partial charge in [-0.15, -0.1) is 0 Å².